The van der Waals surface area contributed by atoms with E-state index in [0.717, 1.165) is 10.9 Å². The number of carbonyl (C=O) groups is 1. The summed E-state index contributed by atoms with van der Waals surface area (Å²) in [5.41, 5.74) is 8.17. The summed E-state index contributed by atoms with van der Waals surface area (Å²) in [6.07, 6.45) is 4.88. The zero-order valence-electron chi connectivity index (χ0n) is 12.6. The van der Waals surface area contributed by atoms with Crippen molar-refractivity contribution in [3.8, 4) is 11.1 Å². The Bertz CT molecular complexity index is 1140. The van der Waals surface area contributed by atoms with E-state index in [1.807, 2.05) is 22.3 Å². The number of hydrogen-bond acceptors (Lipinski definition) is 4. The van der Waals surface area contributed by atoms with Crippen LogP contribution in [0.2, 0.25) is 0 Å². The maximum absolute atomic E-state index is 14.5. The number of fused-ring (bicyclic) bond motifs is 2. The maximum Gasteiger partial charge on any atom is 0.250 e. The van der Waals surface area contributed by atoms with Crippen molar-refractivity contribution in [2.24, 2.45) is 5.73 Å². The van der Waals surface area contributed by atoms with Gasteiger partial charge in [0.15, 0.2) is 5.65 Å². The van der Waals surface area contributed by atoms with E-state index in [1.54, 1.807) is 18.3 Å². The van der Waals surface area contributed by atoms with Gasteiger partial charge in [0.2, 0.25) is 5.91 Å². The highest BCUT2D eigenvalue weighted by atomic mass is 127. The highest BCUT2D eigenvalue weighted by Crippen LogP contribution is 2.35. The van der Waals surface area contributed by atoms with Gasteiger partial charge >= 0.3 is 0 Å². The quantitative estimate of drug-likeness (QED) is 0.458. The number of hydrogen-bond donors (Lipinski definition) is 1. The Balaban J connectivity index is 2.03. The molecule has 1 aromatic carbocycles. The fourth-order valence-electron chi connectivity index (χ4n) is 2.80. The van der Waals surface area contributed by atoms with Crippen LogP contribution in [0, 0.1) is 5.82 Å². The van der Waals surface area contributed by atoms with Crippen LogP contribution in [0.5, 0.6) is 0 Å². The van der Waals surface area contributed by atoms with Crippen LogP contribution in [-0.4, -0.2) is 19.8 Å². The van der Waals surface area contributed by atoms with E-state index in [-0.39, 0.29) is 0 Å². The third-order valence-corrected chi connectivity index (χ3v) is 5.64. The molecule has 8 heteroatoms. The largest absolute Gasteiger partial charge is 0.366 e. The molecule has 4 aromatic rings. The monoisotopic (exact) mass is 464 g/mol. The summed E-state index contributed by atoms with van der Waals surface area (Å²) >= 11 is 2.14. The molecule has 0 aliphatic heterocycles. The van der Waals surface area contributed by atoms with Gasteiger partial charge in [0.1, 0.15) is 11.3 Å². The Morgan fingerprint density at radius 1 is 1.28 bits per heavy atom. The van der Waals surface area contributed by atoms with Crippen LogP contribution < -0.4 is 5.73 Å². The first-order valence-electron chi connectivity index (χ1n) is 7.23. The Kier molecular flexibility index (Phi) is 4.08. The molecule has 0 spiro atoms. The second kappa shape index (κ2) is 6.26. The minimum absolute atomic E-state index is 0.313. The molecule has 0 bridgehead atoms. The zero-order chi connectivity index (χ0) is 17.6. The number of primary amides is 1. The Labute approximate surface area is 158 Å². The Morgan fingerprint density at radius 3 is 2.88 bits per heavy atom. The predicted octanol–water partition coefficient (Wildman–Crippen LogP) is 4.34. The molecule has 5 nitrogen and oxygen atoms in total. The second-order valence-electron chi connectivity index (χ2n) is 5.43. The molecule has 3 heterocycles. The van der Waals surface area contributed by atoms with Crippen molar-refractivity contribution in [2.45, 2.75) is 0 Å². The summed E-state index contributed by atoms with van der Waals surface area (Å²) in [5.74, 6) is -0.945. The van der Waals surface area contributed by atoms with E-state index in [4.69, 9.17) is 5.73 Å². The molecule has 0 fully saturated rings. The highest BCUT2D eigenvalue weighted by Gasteiger charge is 2.16. The van der Waals surface area contributed by atoms with Gasteiger partial charge in [-0.1, -0.05) is 6.07 Å². The van der Waals surface area contributed by atoms with Crippen molar-refractivity contribution in [3.63, 3.8) is 0 Å². The Morgan fingerprint density at radius 2 is 2.12 bits per heavy atom. The summed E-state index contributed by atoms with van der Waals surface area (Å²) in [4.78, 5) is 19.9. The SMILES string of the molecule is NC(=O)c1cnc2c(c1)c(-c1cc(F)c3ncccc3c1)cn2SI. The van der Waals surface area contributed by atoms with Gasteiger partial charge in [-0.05, 0) is 29.8 Å². The van der Waals surface area contributed by atoms with E-state index in [9.17, 15) is 9.18 Å². The fourth-order valence-corrected chi connectivity index (χ4v) is 4.06. The van der Waals surface area contributed by atoms with Gasteiger partial charge in [-0.25, -0.2) is 9.37 Å². The van der Waals surface area contributed by atoms with E-state index in [1.165, 1.54) is 21.4 Å². The molecule has 2 N–H and O–H groups in total. The number of benzene rings is 1. The van der Waals surface area contributed by atoms with Gasteiger partial charge in [0.05, 0.1) is 5.56 Å². The summed E-state index contributed by atoms with van der Waals surface area (Å²) < 4.78 is 16.3. The topological polar surface area (TPSA) is 73.8 Å². The lowest BCUT2D eigenvalue weighted by molar-refractivity contribution is 0.1000. The van der Waals surface area contributed by atoms with E-state index in [0.29, 0.717) is 27.7 Å². The second-order valence-corrected chi connectivity index (χ2v) is 7.14. The van der Waals surface area contributed by atoms with E-state index in [2.05, 4.69) is 31.2 Å². The van der Waals surface area contributed by atoms with E-state index < -0.39 is 11.7 Å². The standard InChI is InChI=1S/C17H10FIN4OS/c18-14-6-10(4-9-2-1-3-21-15(9)14)13-8-23(25-19)17-12(13)5-11(7-22-17)16(20)24/h1-8H,(H2,20,24). The average Bonchev–Trinajstić information content (AvgIpc) is 2.99. The molecule has 0 radical (unpaired) electrons. The van der Waals surface area contributed by atoms with Crippen molar-refractivity contribution < 1.29 is 9.18 Å². The third-order valence-electron chi connectivity index (χ3n) is 3.94. The minimum atomic E-state index is -0.552. The number of nitrogens with zero attached hydrogens (tertiary/aromatic N) is 3. The highest BCUT2D eigenvalue weighted by molar-refractivity contribution is 14.2. The lowest BCUT2D eigenvalue weighted by Crippen LogP contribution is -2.11. The number of pyridine rings is 2. The van der Waals surface area contributed by atoms with Gasteiger partial charge in [0.25, 0.3) is 0 Å². The van der Waals surface area contributed by atoms with Gasteiger partial charge < -0.3 is 5.73 Å². The number of amides is 1. The van der Waals surface area contributed by atoms with Crippen LogP contribution in [0.3, 0.4) is 0 Å². The molecule has 124 valence electrons. The summed E-state index contributed by atoms with van der Waals surface area (Å²) in [7, 11) is 1.44. The van der Waals surface area contributed by atoms with Crippen molar-refractivity contribution in [2.75, 3.05) is 0 Å². The van der Waals surface area contributed by atoms with Crippen LogP contribution in [0.1, 0.15) is 10.4 Å². The lowest BCUT2D eigenvalue weighted by Gasteiger charge is -2.04. The average molecular weight is 464 g/mol. The maximum atomic E-state index is 14.5. The van der Waals surface area contributed by atoms with Crippen molar-refractivity contribution in [1.29, 1.82) is 0 Å². The van der Waals surface area contributed by atoms with Crippen molar-refractivity contribution >= 4 is 58.2 Å². The normalized spacial score (nSPS) is 11.3. The Hall–Kier alpha value is -2.20. The predicted molar refractivity (Wildman–Crippen MR) is 106 cm³/mol. The molecule has 4 rings (SSSR count). The zero-order valence-corrected chi connectivity index (χ0v) is 15.6. The van der Waals surface area contributed by atoms with Crippen molar-refractivity contribution in [1.82, 2.24) is 13.9 Å². The molecule has 0 aliphatic rings. The molecular formula is C17H10FIN4OS. The number of aromatic nitrogens is 3. The summed E-state index contributed by atoms with van der Waals surface area (Å²) in [5, 5.41) is 1.45. The number of nitrogens with two attached hydrogens (primary N) is 1. The fraction of sp³-hybridized carbons (Fsp3) is 0. The number of carbonyl (C=O) groups excluding carboxylic acids is 1. The molecule has 0 unspecified atom stereocenters. The molecule has 0 aliphatic carbocycles. The van der Waals surface area contributed by atoms with Crippen molar-refractivity contribution in [3.05, 3.63) is 60.3 Å². The number of rotatable bonds is 3. The van der Waals surface area contributed by atoms with E-state index >= 15 is 0 Å². The molecule has 25 heavy (non-hydrogen) atoms. The van der Waals surface area contributed by atoms with Gasteiger partial charge in [-0.2, -0.15) is 0 Å². The van der Waals surface area contributed by atoms with Crippen LogP contribution in [0.15, 0.2) is 48.9 Å². The first-order valence-corrected chi connectivity index (χ1v) is 10.5. The molecule has 0 saturated heterocycles. The smallest absolute Gasteiger partial charge is 0.250 e. The summed E-state index contributed by atoms with van der Waals surface area (Å²) in [6, 6.07) is 8.59. The molecule has 3 aromatic heterocycles. The number of halogens is 2. The molecule has 0 saturated carbocycles. The van der Waals surface area contributed by atoms with Gasteiger partial charge in [0, 0.05) is 65.3 Å². The molecule has 1 amide bonds. The summed E-state index contributed by atoms with van der Waals surface area (Å²) in [6.45, 7) is 0. The lowest BCUT2D eigenvalue weighted by atomic mass is 10.0. The van der Waals surface area contributed by atoms with Crippen LogP contribution in [0.4, 0.5) is 4.39 Å². The molecule has 0 atom stereocenters. The van der Waals surface area contributed by atoms with Crippen LogP contribution in [-0.2, 0) is 0 Å². The van der Waals surface area contributed by atoms with Crippen LogP contribution in [0.25, 0.3) is 33.1 Å². The minimum Gasteiger partial charge on any atom is -0.366 e. The third kappa shape index (κ3) is 2.74. The van der Waals surface area contributed by atoms with Crippen LogP contribution >= 0.6 is 30.3 Å². The first-order chi connectivity index (χ1) is 12.1. The van der Waals surface area contributed by atoms with Gasteiger partial charge in [-0.3, -0.25) is 13.8 Å². The first kappa shape index (κ1) is 16.3. The molecular weight excluding hydrogens is 454 g/mol. The van der Waals surface area contributed by atoms with Gasteiger partial charge in [-0.15, -0.1) is 0 Å².